The van der Waals surface area contributed by atoms with Crippen LogP contribution in [0.25, 0.3) is 0 Å². The number of halogens is 1. The van der Waals surface area contributed by atoms with Gasteiger partial charge in [-0.1, -0.05) is 28.7 Å². The van der Waals surface area contributed by atoms with Gasteiger partial charge in [0.25, 0.3) is 0 Å². The summed E-state index contributed by atoms with van der Waals surface area (Å²) in [6.45, 7) is 0.525. The van der Waals surface area contributed by atoms with Crippen molar-refractivity contribution >= 4 is 28.4 Å². The fraction of sp³-hybridized carbons (Fsp3) is 0.364. The van der Waals surface area contributed by atoms with Crippen LogP contribution in [0.4, 0.5) is 0 Å². The van der Waals surface area contributed by atoms with Gasteiger partial charge >= 0.3 is 0 Å². The van der Waals surface area contributed by atoms with Crippen molar-refractivity contribution in [1.29, 1.82) is 0 Å². The molecule has 0 N–H and O–H groups in total. The normalized spacial score (nSPS) is 14.8. The van der Waals surface area contributed by atoms with E-state index in [9.17, 15) is 4.79 Å². The van der Waals surface area contributed by atoms with Crippen LogP contribution >= 0.6 is 22.6 Å². The SMILES string of the molecule is O=C1CCOc2ccc(CCI)cc21. The summed E-state index contributed by atoms with van der Waals surface area (Å²) in [6, 6.07) is 5.92. The van der Waals surface area contributed by atoms with E-state index in [-0.39, 0.29) is 5.78 Å². The van der Waals surface area contributed by atoms with Gasteiger partial charge in [-0.15, -0.1) is 0 Å². The minimum atomic E-state index is 0.210. The lowest BCUT2D eigenvalue weighted by Crippen LogP contribution is -2.15. The molecule has 14 heavy (non-hydrogen) atoms. The number of Topliss-reactive ketones (excluding diaryl/α,β-unsaturated/α-hetero) is 1. The number of ether oxygens (including phenoxy) is 1. The standard InChI is InChI=1S/C11H11IO2/c12-5-3-8-1-2-11-9(7-8)10(13)4-6-14-11/h1-2,7H,3-6H2. The molecule has 2 nitrogen and oxygen atoms in total. The van der Waals surface area contributed by atoms with Crippen LogP contribution in [0.3, 0.4) is 0 Å². The number of fused-ring (bicyclic) bond motifs is 1. The van der Waals surface area contributed by atoms with Crippen LogP contribution in [0.2, 0.25) is 0 Å². The lowest BCUT2D eigenvalue weighted by atomic mass is 10.0. The maximum atomic E-state index is 11.6. The van der Waals surface area contributed by atoms with Crippen LogP contribution in [-0.2, 0) is 6.42 Å². The summed E-state index contributed by atoms with van der Waals surface area (Å²) in [5.41, 5.74) is 1.98. The van der Waals surface area contributed by atoms with Crippen LogP contribution in [0.1, 0.15) is 22.3 Å². The maximum Gasteiger partial charge on any atom is 0.170 e. The van der Waals surface area contributed by atoms with E-state index >= 15 is 0 Å². The highest BCUT2D eigenvalue weighted by Gasteiger charge is 2.18. The first-order valence-corrected chi connectivity index (χ1v) is 6.18. The van der Waals surface area contributed by atoms with Crippen LogP contribution in [-0.4, -0.2) is 16.8 Å². The molecule has 0 amide bonds. The third-order valence-electron chi connectivity index (χ3n) is 2.31. The first-order valence-electron chi connectivity index (χ1n) is 4.66. The summed E-state index contributed by atoms with van der Waals surface area (Å²) in [7, 11) is 0. The van der Waals surface area contributed by atoms with Gasteiger partial charge in [-0.05, 0) is 24.1 Å². The van der Waals surface area contributed by atoms with Crippen LogP contribution < -0.4 is 4.74 Å². The predicted octanol–water partition coefficient (Wildman–Crippen LogP) is 2.63. The molecule has 1 aromatic rings. The molecule has 1 aromatic carbocycles. The number of ketones is 1. The number of carbonyl (C=O) groups is 1. The van der Waals surface area contributed by atoms with Gasteiger partial charge in [0.1, 0.15) is 5.75 Å². The molecule has 0 atom stereocenters. The number of carbonyl (C=O) groups excluding carboxylic acids is 1. The summed E-state index contributed by atoms with van der Waals surface area (Å²) < 4.78 is 6.48. The lowest BCUT2D eigenvalue weighted by molar-refractivity contribution is 0.0933. The zero-order valence-corrected chi connectivity index (χ0v) is 9.91. The zero-order valence-electron chi connectivity index (χ0n) is 7.75. The van der Waals surface area contributed by atoms with Gasteiger partial charge in [0.05, 0.1) is 12.2 Å². The molecule has 0 bridgehead atoms. The van der Waals surface area contributed by atoms with Crippen molar-refractivity contribution in [2.24, 2.45) is 0 Å². The molecular weight excluding hydrogens is 291 g/mol. The van der Waals surface area contributed by atoms with Crippen molar-refractivity contribution in [3.8, 4) is 5.75 Å². The average molecular weight is 302 g/mol. The van der Waals surface area contributed by atoms with E-state index in [0.717, 1.165) is 22.2 Å². The molecule has 74 valence electrons. The van der Waals surface area contributed by atoms with Gasteiger partial charge < -0.3 is 4.74 Å². The van der Waals surface area contributed by atoms with Crippen molar-refractivity contribution in [3.05, 3.63) is 29.3 Å². The highest BCUT2D eigenvalue weighted by Crippen LogP contribution is 2.25. The Morgan fingerprint density at radius 2 is 2.29 bits per heavy atom. The maximum absolute atomic E-state index is 11.6. The Hall–Kier alpha value is -0.580. The van der Waals surface area contributed by atoms with Crippen molar-refractivity contribution in [1.82, 2.24) is 0 Å². The van der Waals surface area contributed by atoms with Gasteiger partial charge in [-0.3, -0.25) is 4.79 Å². The van der Waals surface area contributed by atoms with E-state index in [4.69, 9.17) is 4.74 Å². The molecule has 0 aliphatic carbocycles. The molecule has 3 heteroatoms. The van der Waals surface area contributed by atoms with E-state index in [1.165, 1.54) is 5.56 Å². The third-order valence-corrected chi connectivity index (χ3v) is 2.85. The molecule has 1 aliphatic heterocycles. The Balaban J connectivity index is 2.36. The summed E-state index contributed by atoms with van der Waals surface area (Å²) in [4.78, 5) is 11.6. The molecule has 0 spiro atoms. The van der Waals surface area contributed by atoms with Crippen LogP contribution in [0.15, 0.2) is 18.2 Å². The van der Waals surface area contributed by atoms with Gasteiger partial charge in [-0.25, -0.2) is 0 Å². The fourth-order valence-electron chi connectivity index (χ4n) is 1.57. The average Bonchev–Trinajstić information content (AvgIpc) is 2.20. The number of aryl methyl sites for hydroxylation is 1. The Kier molecular flexibility index (Phi) is 3.05. The molecular formula is C11H11IO2. The van der Waals surface area contributed by atoms with E-state index in [1.54, 1.807) is 0 Å². The molecule has 2 rings (SSSR count). The van der Waals surface area contributed by atoms with Crippen molar-refractivity contribution in [2.45, 2.75) is 12.8 Å². The summed E-state index contributed by atoms with van der Waals surface area (Å²) in [6.07, 6.45) is 1.53. The van der Waals surface area contributed by atoms with Gasteiger partial charge in [0.2, 0.25) is 0 Å². The molecule has 0 saturated carbocycles. The van der Waals surface area contributed by atoms with E-state index < -0.39 is 0 Å². The second-order valence-electron chi connectivity index (χ2n) is 3.29. The van der Waals surface area contributed by atoms with Crippen LogP contribution in [0, 0.1) is 0 Å². The molecule has 1 aliphatic rings. The summed E-state index contributed by atoms with van der Waals surface area (Å²) >= 11 is 2.34. The number of alkyl halides is 1. The van der Waals surface area contributed by atoms with Crippen molar-refractivity contribution in [3.63, 3.8) is 0 Å². The highest BCUT2D eigenvalue weighted by atomic mass is 127. The molecule has 0 aromatic heterocycles. The molecule has 0 fully saturated rings. The Labute approximate surface area is 96.8 Å². The number of benzene rings is 1. The minimum Gasteiger partial charge on any atom is -0.492 e. The molecule has 1 heterocycles. The minimum absolute atomic E-state index is 0.210. The summed E-state index contributed by atoms with van der Waals surface area (Å²) in [5, 5.41) is 0. The van der Waals surface area contributed by atoms with Crippen molar-refractivity contribution in [2.75, 3.05) is 11.0 Å². The third kappa shape index (κ3) is 1.92. The van der Waals surface area contributed by atoms with E-state index in [2.05, 4.69) is 22.6 Å². The van der Waals surface area contributed by atoms with Gasteiger partial charge in [0.15, 0.2) is 5.78 Å². The Bertz CT molecular complexity index is 360. The largest absolute Gasteiger partial charge is 0.492 e. The Morgan fingerprint density at radius 1 is 1.43 bits per heavy atom. The quantitative estimate of drug-likeness (QED) is 0.620. The van der Waals surface area contributed by atoms with Crippen LogP contribution in [0.5, 0.6) is 5.75 Å². The van der Waals surface area contributed by atoms with Gasteiger partial charge in [-0.2, -0.15) is 0 Å². The second kappa shape index (κ2) is 4.29. The van der Waals surface area contributed by atoms with E-state index in [0.29, 0.717) is 13.0 Å². The van der Waals surface area contributed by atoms with Gasteiger partial charge in [0, 0.05) is 10.8 Å². The van der Waals surface area contributed by atoms with Crippen molar-refractivity contribution < 1.29 is 9.53 Å². The smallest absolute Gasteiger partial charge is 0.170 e. The monoisotopic (exact) mass is 302 g/mol. The number of hydrogen-bond acceptors (Lipinski definition) is 2. The number of rotatable bonds is 2. The lowest BCUT2D eigenvalue weighted by Gasteiger charge is -2.16. The topological polar surface area (TPSA) is 26.3 Å². The Morgan fingerprint density at radius 3 is 3.07 bits per heavy atom. The molecule has 0 saturated heterocycles. The zero-order chi connectivity index (χ0) is 9.97. The number of hydrogen-bond donors (Lipinski definition) is 0. The molecule has 0 radical (unpaired) electrons. The second-order valence-corrected chi connectivity index (χ2v) is 4.37. The highest BCUT2D eigenvalue weighted by molar-refractivity contribution is 14.1. The fourth-order valence-corrected chi connectivity index (χ4v) is 2.20. The first-order chi connectivity index (χ1) is 6.81. The first kappa shape index (κ1) is 9.96. The van der Waals surface area contributed by atoms with E-state index in [1.807, 2.05) is 18.2 Å². The summed E-state index contributed by atoms with van der Waals surface area (Å²) in [5.74, 6) is 0.958. The predicted molar refractivity (Wildman–Crippen MR) is 63.5 cm³/mol. The molecule has 0 unspecified atom stereocenters.